The van der Waals surface area contributed by atoms with Crippen LogP contribution >= 0.6 is 11.6 Å². The molecule has 0 radical (unpaired) electrons. The Labute approximate surface area is 187 Å². The van der Waals surface area contributed by atoms with Gasteiger partial charge in [0.25, 0.3) is 0 Å². The minimum Gasteiger partial charge on any atom is -0.437 e. The van der Waals surface area contributed by atoms with Crippen molar-refractivity contribution < 1.29 is 17.9 Å². The molecule has 0 saturated heterocycles. The van der Waals surface area contributed by atoms with Crippen LogP contribution in [0.25, 0.3) is 11.0 Å². The molecule has 4 aromatic rings. The zero-order valence-corrected chi connectivity index (χ0v) is 18.3. The maximum absolute atomic E-state index is 13.1. The monoisotopic (exact) mass is 460 g/mol. The van der Waals surface area contributed by atoms with Gasteiger partial charge in [-0.25, -0.2) is 9.97 Å². The van der Waals surface area contributed by atoms with E-state index in [0.29, 0.717) is 17.3 Å². The summed E-state index contributed by atoms with van der Waals surface area (Å²) < 4.78 is 45.4. The highest BCUT2D eigenvalue weighted by Crippen LogP contribution is 2.37. The number of nitrogens with zero attached hydrogens (tertiary/aromatic N) is 2. The molecule has 2 heterocycles. The van der Waals surface area contributed by atoms with E-state index in [1.807, 2.05) is 24.3 Å². The van der Waals surface area contributed by atoms with E-state index in [0.717, 1.165) is 17.7 Å². The lowest BCUT2D eigenvalue weighted by molar-refractivity contribution is -0.137. The zero-order valence-electron chi connectivity index (χ0n) is 17.5. The highest BCUT2D eigenvalue weighted by molar-refractivity contribution is 6.35. The number of hydrogen-bond acceptors (Lipinski definition) is 4. The Morgan fingerprint density at radius 3 is 2.50 bits per heavy atom. The highest BCUT2D eigenvalue weighted by atomic mass is 35.5. The fourth-order valence-corrected chi connectivity index (χ4v) is 3.53. The number of benzene rings is 2. The number of fused-ring (bicyclic) bond motifs is 1. The molecule has 0 unspecified atom stereocenters. The molecule has 0 spiro atoms. The van der Waals surface area contributed by atoms with Crippen molar-refractivity contribution in [3.8, 4) is 11.6 Å². The van der Waals surface area contributed by atoms with Crippen molar-refractivity contribution in [1.82, 2.24) is 15.0 Å². The average Bonchev–Trinajstić information content (AvgIpc) is 3.12. The second-order valence-corrected chi connectivity index (χ2v) is 8.67. The number of aromatic nitrogens is 3. The number of rotatable bonds is 4. The summed E-state index contributed by atoms with van der Waals surface area (Å²) in [6, 6.07) is 12.9. The minimum absolute atomic E-state index is 0.0964. The first-order valence-corrected chi connectivity index (χ1v) is 10.2. The van der Waals surface area contributed by atoms with Gasteiger partial charge in [0.05, 0.1) is 16.1 Å². The smallest absolute Gasteiger partial charge is 0.416 e. The second kappa shape index (κ2) is 8.02. The molecule has 2 N–H and O–H groups in total. The Bertz CT molecular complexity index is 1280. The van der Waals surface area contributed by atoms with Crippen LogP contribution in [0.2, 0.25) is 5.02 Å². The van der Waals surface area contributed by atoms with Gasteiger partial charge in [0.2, 0.25) is 11.8 Å². The molecule has 0 amide bonds. The van der Waals surface area contributed by atoms with Gasteiger partial charge in [-0.1, -0.05) is 50.6 Å². The number of anilines is 2. The first-order valence-electron chi connectivity index (χ1n) is 9.78. The van der Waals surface area contributed by atoms with Crippen molar-refractivity contribution in [2.75, 3.05) is 5.32 Å². The number of aromatic amines is 1. The van der Waals surface area contributed by atoms with Gasteiger partial charge in [-0.05, 0) is 35.7 Å². The molecule has 2 aromatic carbocycles. The lowest BCUT2D eigenvalue weighted by atomic mass is 9.86. The fourth-order valence-electron chi connectivity index (χ4n) is 3.27. The lowest BCUT2D eigenvalue weighted by Crippen LogP contribution is -2.12. The third-order valence-corrected chi connectivity index (χ3v) is 5.08. The Morgan fingerprint density at radius 2 is 1.78 bits per heavy atom. The van der Waals surface area contributed by atoms with E-state index < -0.39 is 11.7 Å². The van der Waals surface area contributed by atoms with Gasteiger partial charge in [0.1, 0.15) is 17.0 Å². The molecule has 166 valence electrons. The Morgan fingerprint density at radius 1 is 1.03 bits per heavy atom. The van der Waals surface area contributed by atoms with Gasteiger partial charge >= 0.3 is 6.18 Å². The maximum Gasteiger partial charge on any atom is 0.416 e. The van der Waals surface area contributed by atoms with Crippen molar-refractivity contribution in [3.63, 3.8) is 0 Å². The van der Waals surface area contributed by atoms with Crippen LogP contribution < -0.4 is 10.1 Å². The van der Waals surface area contributed by atoms with Gasteiger partial charge in [-0.3, -0.25) is 0 Å². The Balaban J connectivity index is 1.68. The number of alkyl halides is 3. The molecular formula is C23H20ClF3N4O. The lowest BCUT2D eigenvalue weighted by Gasteiger charge is -2.22. The van der Waals surface area contributed by atoms with Crippen LogP contribution in [0.4, 0.5) is 24.8 Å². The number of hydrogen-bond donors (Lipinski definition) is 2. The SMILES string of the molecule is CC(C)(C)c1ccccc1Oc1ncccc1Nc1nc2c(Cl)cc(C(F)(F)F)cc2[nH]1. The number of halogens is 4. The molecular weight excluding hydrogens is 441 g/mol. The normalized spacial score (nSPS) is 12.2. The van der Waals surface area contributed by atoms with Crippen molar-refractivity contribution in [3.05, 3.63) is 70.9 Å². The van der Waals surface area contributed by atoms with E-state index in [9.17, 15) is 13.2 Å². The van der Waals surface area contributed by atoms with Gasteiger partial charge in [0.15, 0.2) is 0 Å². The van der Waals surface area contributed by atoms with E-state index in [2.05, 4.69) is 41.0 Å². The molecule has 0 fully saturated rings. The molecule has 0 saturated carbocycles. The average molecular weight is 461 g/mol. The van der Waals surface area contributed by atoms with Crippen LogP contribution in [-0.2, 0) is 11.6 Å². The number of nitrogens with one attached hydrogen (secondary N) is 2. The van der Waals surface area contributed by atoms with Gasteiger partial charge < -0.3 is 15.0 Å². The van der Waals surface area contributed by atoms with Crippen LogP contribution in [0.5, 0.6) is 11.6 Å². The molecule has 0 atom stereocenters. The van der Waals surface area contributed by atoms with Crippen LogP contribution in [-0.4, -0.2) is 15.0 Å². The summed E-state index contributed by atoms with van der Waals surface area (Å²) in [7, 11) is 0. The second-order valence-electron chi connectivity index (χ2n) is 8.27. The summed E-state index contributed by atoms with van der Waals surface area (Å²) in [5, 5.41) is 2.94. The predicted octanol–water partition coefficient (Wildman–Crippen LogP) is 7.46. The molecule has 0 aliphatic rings. The summed E-state index contributed by atoms with van der Waals surface area (Å²) in [6.07, 6.45) is -2.92. The van der Waals surface area contributed by atoms with Crippen LogP contribution in [0.3, 0.4) is 0 Å². The third kappa shape index (κ3) is 4.50. The van der Waals surface area contributed by atoms with Crippen LogP contribution in [0, 0.1) is 0 Å². The number of ether oxygens (including phenoxy) is 1. The summed E-state index contributed by atoms with van der Waals surface area (Å²) in [4.78, 5) is 11.4. The van der Waals surface area contributed by atoms with E-state index in [-0.39, 0.29) is 27.4 Å². The minimum atomic E-state index is -4.51. The zero-order chi connectivity index (χ0) is 23.1. The van der Waals surface area contributed by atoms with Gasteiger partial charge in [0, 0.05) is 11.8 Å². The molecule has 9 heteroatoms. The summed E-state index contributed by atoms with van der Waals surface area (Å²) in [6.45, 7) is 6.25. The van der Waals surface area contributed by atoms with E-state index in [4.69, 9.17) is 16.3 Å². The van der Waals surface area contributed by atoms with E-state index in [1.165, 1.54) is 0 Å². The number of H-pyrrole nitrogens is 1. The topological polar surface area (TPSA) is 62.8 Å². The Kier molecular flexibility index (Phi) is 5.50. The van der Waals surface area contributed by atoms with E-state index in [1.54, 1.807) is 18.3 Å². The number of imidazole rings is 1. The highest BCUT2D eigenvalue weighted by Gasteiger charge is 2.32. The predicted molar refractivity (Wildman–Crippen MR) is 119 cm³/mol. The number of para-hydroxylation sites is 1. The molecule has 32 heavy (non-hydrogen) atoms. The van der Waals surface area contributed by atoms with Crippen molar-refractivity contribution in [1.29, 1.82) is 0 Å². The van der Waals surface area contributed by atoms with Crippen molar-refractivity contribution in [2.45, 2.75) is 32.4 Å². The molecule has 2 aromatic heterocycles. The quantitative estimate of drug-likeness (QED) is 0.331. The Hall–Kier alpha value is -3.26. The molecule has 0 bridgehead atoms. The third-order valence-electron chi connectivity index (χ3n) is 4.79. The van der Waals surface area contributed by atoms with Crippen LogP contribution in [0.1, 0.15) is 31.9 Å². The summed E-state index contributed by atoms with van der Waals surface area (Å²) in [5.41, 5.74) is 0.886. The van der Waals surface area contributed by atoms with Crippen molar-refractivity contribution in [2.24, 2.45) is 0 Å². The molecule has 0 aliphatic heterocycles. The summed E-state index contributed by atoms with van der Waals surface area (Å²) in [5.74, 6) is 1.17. The standard InChI is InChI=1S/C23H20ClF3N4O/c1-22(2,3)14-7-4-5-9-18(14)32-20-16(8-6-10-28-20)29-21-30-17-12-13(23(25,26)27)11-15(24)19(17)31-21/h4-12H,1-3H3,(H2,29,30,31). The van der Waals surface area contributed by atoms with Gasteiger partial charge in [-0.15, -0.1) is 0 Å². The molecule has 5 nitrogen and oxygen atoms in total. The molecule has 0 aliphatic carbocycles. The molecule has 4 rings (SSSR count). The van der Waals surface area contributed by atoms with E-state index >= 15 is 0 Å². The summed E-state index contributed by atoms with van der Waals surface area (Å²) >= 11 is 6.04. The van der Waals surface area contributed by atoms with Crippen molar-refractivity contribution >= 4 is 34.3 Å². The largest absolute Gasteiger partial charge is 0.437 e. The van der Waals surface area contributed by atoms with Crippen LogP contribution in [0.15, 0.2) is 54.7 Å². The fraction of sp³-hybridized carbons (Fsp3) is 0.217. The first kappa shape index (κ1) is 22.0. The number of pyridine rings is 1. The van der Waals surface area contributed by atoms with Gasteiger partial charge in [-0.2, -0.15) is 13.2 Å². The maximum atomic E-state index is 13.1. The first-order chi connectivity index (χ1) is 15.0.